The fraction of sp³-hybridized carbons (Fsp3) is 0.545. The Balaban J connectivity index is 2.38. The van der Waals surface area contributed by atoms with E-state index in [1.165, 1.54) is 18.1 Å². The van der Waals surface area contributed by atoms with Crippen molar-refractivity contribution in [3.8, 4) is 0 Å². The van der Waals surface area contributed by atoms with E-state index in [-0.39, 0.29) is 16.7 Å². The number of carbonyl (C=O) groups is 1. The minimum absolute atomic E-state index is 0.0620. The number of aryl methyl sites for hydroxylation is 1. The molecule has 2 rings (SSSR count). The quantitative estimate of drug-likeness (QED) is 0.848. The molecule has 0 spiro atoms. The van der Waals surface area contributed by atoms with E-state index >= 15 is 0 Å². The summed E-state index contributed by atoms with van der Waals surface area (Å²) in [5.74, 6) is -5.06. The highest BCUT2D eigenvalue weighted by atomic mass is 79.9. The van der Waals surface area contributed by atoms with Crippen molar-refractivity contribution in [2.45, 2.75) is 6.18 Å². The van der Waals surface area contributed by atoms with E-state index in [0.29, 0.717) is 0 Å². The van der Waals surface area contributed by atoms with Crippen molar-refractivity contribution < 1.29 is 23.1 Å². The van der Waals surface area contributed by atoms with E-state index in [1.807, 2.05) is 0 Å². The van der Waals surface area contributed by atoms with Gasteiger partial charge in [-0.05, 0) is 15.9 Å². The van der Waals surface area contributed by atoms with Gasteiger partial charge in [-0.3, -0.25) is 9.59 Å². The number of alkyl halides is 3. The van der Waals surface area contributed by atoms with Gasteiger partial charge in [-0.1, -0.05) is 0 Å². The molecule has 0 aromatic carbocycles. The maximum Gasteiger partial charge on any atom is 0.394 e. The number of aromatic nitrogens is 2. The van der Waals surface area contributed by atoms with E-state index in [0.717, 1.165) is 4.68 Å². The minimum Gasteiger partial charge on any atom is -0.481 e. The molecule has 2 atom stereocenters. The molecular weight excluding hydrogens is 359 g/mol. The molecule has 0 saturated carbocycles. The zero-order chi connectivity index (χ0) is 15.9. The molecule has 0 amide bonds. The molecule has 0 aliphatic carbocycles. The van der Waals surface area contributed by atoms with Gasteiger partial charge < -0.3 is 10.0 Å². The summed E-state index contributed by atoms with van der Waals surface area (Å²) in [4.78, 5) is 24.0. The summed E-state index contributed by atoms with van der Waals surface area (Å²) >= 11 is 3.02. The third kappa shape index (κ3) is 2.89. The average Bonchev–Trinajstić information content (AvgIpc) is 2.81. The summed E-state index contributed by atoms with van der Waals surface area (Å²) in [6.45, 7) is -0.846. The second-order valence-corrected chi connectivity index (χ2v) is 5.56. The van der Waals surface area contributed by atoms with Crippen LogP contribution in [0.3, 0.4) is 0 Å². The maximum absolute atomic E-state index is 12.9. The summed E-state index contributed by atoms with van der Waals surface area (Å²) in [5.41, 5.74) is -0.342. The third-order valence-electron chi connectivity index (χ3n) is 3.46. The fourth-order valence-electron chi connectivity index (χ4n) is 2.30. The highest BCUT2D eigenvalue weighted by Gasteiger charge is 2.52. The van der Waals surface area contributed by atoms with Crippen molar-refractivity contribution in [1.82, 2.24) is 9.78 Å². The number of carboxylic acids is 1. The normalized spacial score (nSPS) is 22.6. The molecule has 1 aliphatic rings. The van der Waals surface area contributed by atoms with E-state index in [4.69, 9.17) is 5.11 Å². The van der Waals surface area contributed by atoms with Crippen LogP contribution in [0.15, 0.2) is 15.5 Å². The first-order valence-corrected chi connectivity index (χ1v) is 6.68. The summed E-state index contributed by atoms with van der Waals surface area (Å²) in [7, 11) is 1.40. The average molecular weight is 370 g/mol. The van der Waals surface area contributed by atoms with E-state index < -0.39 is 36.1 Å². The first-order chi connectivity index (χ1) is 9.62. The number of carboxylic acid groups (broad SMARTS) is 1. The number of anilines is 1. The largest absolute Gasteiger partial charge is 0.481 e. The van der Waals surface area contributed by atoms with Gasteiger partial charge in [-0.2, -0.15) is 18.3 Å². The van der Waals surface area contributed by atoms with Crippen LogP contribution in [-0.2, 0) is 11.8 Å². The number of hydrogen-bond donors (Lipinski definition) is 1. The Morgan fingerprint density at radius 3 is 2.57 bits per heavy atom. The van der Waals surface area contributed by atoms with Crippen LogP contribution in [0.2, 0.25) is 0 Å². The molecular formula is C11H11BrF3N3O3. The van der Waals surface area contributed by atoms with Crippen LogP contribution in [0.4, 0.5) is 18.9 Å². The lowest BCUT2D eigenvalue weighted by Crippen LogP contribution is -2.33. The number of hydrogen-bond acceptors (Lipinski definition) is 4. The van der Waals surface area contributed by atoms with Crippen molar-refractivity contribution in [3.05, 3.63) is 21.0 Å². The van der Waals surface area contributed by atoms with Gasteiger partial charge >= 0.3 is 12.1 Å². The maximum atomic E-state index is 12.9. The predicted molar refractivity (Wildman–Crippen MR) is 70.1 cm³/mol. The van der Waals surface area contributed by atoms with Crippen molar-refractivity contribution >= 4 is 27.6 Å². The van der Waals surface area contributed by atoms with Crippen LogP contribution >= 0.6 is 15.9 Å². The Kier molecular flexibility index (Phi) is 4.00. The molecule has 0 unspecified atom stereocenters. The van der Waals surface area contributed by atoms with Crippen molar-refractivity contribution in [1.29, 1.82) is 0 Å². The van der Waals surface area contributed by atoms with Gasteiger partial charge in [0.25, 0.3) is 5.56 Å². The third-order valence-corrected chi connectivity index (χ3v) is 4.20. The number of rotatable bonds is 2. The van der Waals surface area contributed by atoms with Gasteiger partial charge in [0, 0.05) is 20.1 Å². The smallest absolute Gasteiger partial charge is 0.394 e. The molecule has 1 aromatic heterocycles. The molecule has 116 valence electrons. The van der Waals surface area contributed by atoms with Crippen LogP contribution in [0.1, 0.15) is 0 Å². The lowest BCUT2D eigenvalue weighted by atomic mass is 9.96. The molecule has 6 nitrogen and oxygen atoms in total. The van der Waals surface area contributed by atoms with Gasteiger partial charge in [0.05, 0.1) is 23.7 Å². The molecule has 1 N–H and O–H groups in total. The van der Waals surface area contributed by atoms with Crippen LogP contribution in [0, 0.1) is 11.8 Å². The Morgan fingerprint density at radius 2 is 2.10 bits per heavy atom. The number of halogens is 4. The SMILES string of the molecule is Cn1ncc(N2C[C@@H](C(F)(F)F)[C@H](C(=O)O)C2)c(Br)c1=O. The highest BCUT2D eigenvalue weighted by molar-refractivity contribution is 9.10. The molecule has 1 fully saturated rings. The van der Waals surface area contributed by atoms with Crippen molar-refractivity contribution in [3.63, 3.8) is 0 Å². The van der Waals surface area contributed by atoms with Gasteiger partial charge in [0.2, 0.25) is 0 Å². The van der Waals surface area contributed by atoms with E-state index in [2.05, 4.69) is 21.0 Å². The number of aliphatic carboxylic acids is 1. The Morgan fingerprint density at radius 1 is 1.48 bits per heavy atom. The molecule has 1 saturated heterocycles. The fourth-order valence-corrected chi connectivity index (χ4v) is 2.91. The number of nitrogens with zero attached hydrogens (tertiary/aromatic N) is 3. The van der Waals surface area contributed by atoms with Crippen LogP contribution < -0.4 is 10.5 Å². The van der Waals surface area contributed by atoms with Gasteiger partial charge in [-0.15, -0.1) is 0 Å². The Hall–Kier alpha value is -1.58. The topological polar surface area (TPSA) is 75.4 Å². The molecule has 21 heavy (non-hydrogen) atoms. The Labute approximate surface area is 125 Å². The highest BCUT2D eigenvalue weighted by Crippen LogP contribution is 2.40. The van der Waals surface area contributed by atoms with Gasteiger partial charge in [0.15, 0.2) is 0 Å². The van der Waals surface area contributed by atoms with Crippen molar-refractivity contribution in [2.75, 3.05) is 18.0 Å². The van der Waals surface area contributed by atoms with Gasteiger partial charge in [-0.25, -0.2) is 4.68 Å². The van der Waals surface area contributed by atoms with Gasteiger partial charge in [0.1, 0.15) is 4.47 Å². The summed E-state index contributed by atoms with van der Waals surface area (Å²) in [6, 6.07) is 0. The molecule has 2 heterocycles. The minimum atomic E-state index is -4.61. The summed E-state index contributed by atoms with van der Waals surface area (Å²) in [6.07, 6.45) is -3.37. The van der Waals surface area contributed by atoms with Crippen LogP contribution in [-0.4, -0.2) is 40.1 Å². The lowest BCUT2D eigenvalue weighted by Gasteiger charge is -2.20. The first-order valence-electron chi connectivity index (χ1n) is 5.89. The first kappa shape index (κ1) is 15.8. The lowest BCUT2D eigenvalue weighted by molar-refractivity contribution is -0.187. The standard InChI is InChI=1S/C11H11BrF3N3O3/c1-17-9(19)8(12)7(2-16-17)18-3-5(10(20)21)6(4-18)11(13,14)15/h2,5-6H,3-4H2,1H3,(H,20,21)/t5-,6-/m1/s1. The second-order valence-electron chi connectivity index (χ2n) is 4.77. The van der Waals surface area contributed by atoms with E-state index in [1.54, 1.807) is 0 Å². The zero-order valence-corrected chi connectivity index (χ0v) is 12.3. The Bertz CT molecular complexity index is 631. The monoisotopic (exact) mass is 369 g/mol. The summed E-state index contributed by atoms with van der Waals surface area (Å²) < 4.78 is 39.9. The predicted octanol–water partition coefficient (Wildman–Crippen LogP) is 1.24. The second kappa shape index (κ2) is 5.32. The molecule has 1 aromatic rings. The zero-order valence-electron chi connectivity index (χ0n) is 10.8. The molecule has 0 bridgehead atoms. The van der Waals surface area contributed by atoms with E-state index in [9.17, 15) is 22.8 Å². The van der Waals surface area contributed by atoms with Crippen LogP contribution in [0.25, 0.3) is 0 Å². The molecule has 10 heteroatoms. The molecule has 0 radical (unpaired) electrons. The summed E-state index contributed by atoms with van der Waals surface area (Å²) in [5, 5.41) is 12.7. The van der Waals surface area contributed by atoms with Crippen molar-refractivity contribution in [2.24, 2.45) is 18.9 Å². The van der Waals surface area contributed by atoms with Crippen LogP contribution in [0.5, 0.6) is 0 Å². The molecule has 1 aliphatic heterocycles.